The van der Waals surface area contributed by atoms with Crippen molar-refractivity contribution in [2.45, 2.75) is 84.0 Å². The van der Waals surface area contributed by atoms with Gasteiger partial charge in [-0.1, -0.05) is 58.3 Å². The highest BCUT2D eigenvalue weighted by Crippen LogP contribution is 2.16. The van der Waals surface area contributed by atoms with Crippen LogP contribution >= 0.6 is 0 Å². The Morgan fingerprint density at radius 1 is 1.05 bits per heavy atom. The molecular weight excluding hydrogens is 272 g/mol. The van der Waals surface area contributed by atoms with Gasteiger partial charge in [0.05, 0.1) is 17.7 Å². The van der Waals surface area contributed by atoms with Crippen molar-refractivity contribution in [3.63, 3.8) is 0 Å². The maximum atomic E-state index is 9.12. The molecule has 0 spiro atoms. The highest BCUT2D eigenvalue weighted by atomic mass is 15.1. The Kier molecular flexibility index (Phi) is 9.00. The molecule has 0 amide bonds. The van der Waals surface area contributed by atoms with Gasteiger partial charge >= 0.3 is 0 Å². The summed E-state index contributed by atoms with van der Waals surface area (Å²) < 4.78 is 1.51. The molecule has 0 aromatic carbocycles. The maximum Gasteiger partial charge on any atom is 0.189 e. The van der Waals surface area contributed by atoms with Crippen LogP contribution in [-0.4, -0.2) is 9.55 Å². The lowest BCUT2D eigenvalue weighted by Crippen LogP contribution is -1.97. The largest absolute Gasteiger partial charge is 0.240 e. The Labute approximate surface area is 134 Å². The lowest BCUT2D eigenvalue weighted by Gasteiger charge is -2.02. The molecule has 1 unspecified atom stereocenters. The van der Waals surface area contributed by atoms with Gasteiger partial charge in [0.25, 0.3) is 0 Å². The van der Waals surface area contributed by atoms with E-state index in [9.17, 15) is 0 Å². The van der Waals surface area contributed by atoms with E-state index in [-0.39, 0.29) is 5.92 Å². The number of aromatic nitrogens is 2. The second-order valence-electron chi connectivity index (χ2n) is 5.98. The van der Waals surface area contributed by atoms with Crippen LogP contribution in [0.1, 0.15) is 89.1 Å². The molecule has 0 saturated carbocycles. The number of hydrogen-bond acceptors (Lipinski definition) is 3. The normalized spacial score (nSPS) is 11.8. The van der Waals surface area contributed by atoms with Gasteiger partial charge in [-0.2, -0.15) is 10.5 Å². The standard InChI is InChI=1S/C18H28N4/c1-3-4-5-6-7-8-9-10-11-12-18-21-17(16(2)13-19)14-22(18)15-20/h14,16H,3-12H2,1-2H3. The first-order valence-electron chi connectivity index (χ1n) is 8.60. The maximum absolute atomic E-state index is 9.12. The lowest BCUT2D eigenvalue weighted by molar-refractivity contribution is 0.561. The molecule has 4 nitrogen and oxygen atoms in total. The molecule has 0 aliphatic heterocycles. The first-order valence-corrected chi connectivity index (χ1v) is 8.60. The summed E-state index contributed by atoms with van der Waals surface area (Å²) in [5, 5.41) is 18.0. The monoisotopic (exact) mass is 300 g/mol. The molecule has 1 rings (SSSR count). The second-order valence-corrected chi connectivity index (χ2v) is 5.98. The third-order valence-electron chi connectivity index (χ3n) is 4.05. The molecule has 4 heteroatoms. The van der Waals surface area contributed by atoms with Gasteiger partial charge in [0, 0.05) is 12.6 Å². The van der Waals surface area contributed by atoms with Crippen LogP contribution in [0.3, 0.4) is 0 Å². The fourth-order valence-corrected chi connectivity index (χ4v) is 2.57. The SMILES string of the molecule is CCCCCCCCCCCc1nc(C(C)C#N)cn1C#N. The van der Waals surface area contributed by atoms with Crippen LogP contribution in [-0.2, 0) is 6.42 Å². The number of imidazole rings is 1. The number of hydrogen-bond donors (Lipinski definition) is 0. The Bertz CT molecular complexity index is 504. The molecule has 0 aliphatic carbocycles. The van der Waals surface area contributed by atoms with Crippen LogP contribution in [0.5, 0.6) is 0 Å². The van der Waals surface area contributed by atoms with Crippen LogP contribution in [0.25, 0.3) is 0 Å². The van der Waals surface area contributed by atoms with Crippen LogP contribution in [0.15, 0.2) is 6.20 Å². The van der Waals surface area contributed by atoms with Crippen LogP contribution in [0.4, 0.5) is 0 Å². The molecule has 0 saturated heterocycles. The van der Waals surface area contributed by atoms with Gasteiger partial charge in [0.1, 0.15) is 5.82 Å². The molecule has 0 radical (unpaired) electrons. The number of rotatable bonds is 11. The zero-order chi connectivity index (χ0) is 16.2. The summed E-state index contributed by atoms with van der Waals surface area (Å²) >= 11 is 0. The van der Waals surface area contributed by atoms with E-state index in [0.29, 0.717) is 5.69 Å². The summed E-state index contributed by atoms with van der Waals surface area (Å²) in [6.45, 7) is 4.06. The summed E-state index contributed by atoms with van der Waals surface area (Å²) in [6, 6.07) is 2.17. The molecule has 0 N–H and O–H groups in total. The van der Waals surface area contributed by atoms with E-state index in [0.717, 1.165) is 18.7 Å². The van der Waals surface area contributed by atoms with Crippen molar-refractivity contribution in [3.05, 3.63) is 17.7 Å². The van der Waals surface area contributed by atoms with E-state index in [1.54, 1.807) is 6.20 Å². The van der Waals surface area contributed by atoms with Crippen molar-refractivity contribution in [1.82, 2.24) is 9.55 Å². The molecular formula is C18H28N4. The highest BCUT2D eigenvalue weighted by molar-refractivity contribution is 5.17. The van der Waals surface area contributed by atoms with E-state index in [2.05, 4.69) is 24.2 Å². The molecule has 0 fully saturated rings. The molecule has 120 valence electrons. The number of nitriles is 2. The van der Waals surface area contributed by atoms with Crippen molar-refractivity contribution in [1.29, 1.82) is 10.5 Å². The zero-order valence-corrected chi connectivity index (χ0v) is 14.0. The molecule has 1 aromatic rings. The van der Waals surface area contributed by atoms with Gasteiger partial charge in [0.15, 0.2) is 6.19 Å². The van der Waals surface area contributed by atoms with Gasteiger partial charge in [0.2, 0.25) is 0 Å². The van der Waals surface area contributed by atoms with Crippen molar-refractivity contribution < 1.29 is 0 Å². The van der Waals surface area contributed by atoms with Gasteiger partial charge in [-0.15, -0.1) is 0 Å². The quantitative estimate of drug-likeness (QED) is 0.545. The summed E-state index contributed by atoms with van der Waals surface area (Å²) in [4.78, 5) is 4.44. The van der Waals surface area contributed by atoms with Crippen LogP contribution in [0, 0.1) is 22.8 Å². The third kappa shape index (κ3) is 6.31. The number of nitrogens with zero attached hydrogens (tertiary/aromatic N) is 4. The molecule has 1 aromatic heterocycles. The lowest BCUT2D eigenvalue weighted by atomic mass is 10.1. The van der Waals surface area contributed by atoms with Crippen LogP contribution < -0.4 is 0 Å². The van der Waals surface area contributed by atoms with Gasteiger partial charge in [-0.05, 0) is 13.3 Å². The van der Waals surface area contributed by atoms with E-state index in [1.165, 1.54) is 55.9 Å². The van der Waals surface area contributed by atoms with Crippen molar-refractivity contribution in [3.8, 4) is 12.3 Å². The third-order valence-corrected chi connectivity index (χ3v) is 4.05. The average Bonchev–Trinajstić information content (AvgIpc) is 2.95. The highest BCUT2D eigenvalue weighted by Gasteiger charge is 2.12. The first-order chi connectivity index (χ1) is 10.7. The van der Waals surface area contributed by atoms with E-state index >= 15 is 0 Å². The topological polar surface area (TPSA) is 65.4 Å². The summed E-state index contributed by atoms with van der Waals surface area (Å²) in [6.07, 6.45) is 16.2. The van der Waals surface area contributed by atoms with Gasteiger partial charge in [-0.3, -0.25) is 0 Å². The minimum absolute atomic E-state index is 0.253. The number of unbranched alkanes of at least 4 members (excludes halogenated alkanes) is 8. The Balaban J connectivity index is 2.24. The average molecular weight is 300 g/mol. The zero-order valence-electron chi connectivity index (χ0n) is 14.0. The predicted octanol–water partition coefficient (Wildman–Crippen LogP) is 4.91. The molecule has 1 atom stereocenters. The van der Waals surface area contributed by atoms with Crippen molar-refractivity contribution in [2.75, 3.05) is 0 Å². The van der Waals surface area contributed by atoms with Gasteiger partial charge in [-0.25, -0.2) is 9.55 Å². The van der Waals surface area contributed by atoms with Gasteiger partial charge < -0.3 is 0 Å². The fourth-order valence-electron chi connectivity index (χ4n) is 2.57. The van der Waals surface area contributed by atoms with Crippen molar-refractivity contribution in [2.24, 2.45) is 0 Å². The molecule has 22 heavy (non-hydrogen) atoms. The first kappa shape index (κ1) is 18.2. The minimum Gasteiger partial charge on any atom is -0.240 e. The molecule has 1 heterocycles. The minimum atomic E-state index is -0.253. The Morgan fingerprint density at radius 3 is 2.18 bits per heavy atom. The molecule has 0 aliphatic rings. The Hall–Kier alpha value is -1.81. The van der Waals surface area contributed by atoms with E-state index in [4.69, 9.17) is 10.5 Å². The predicted molar refractivity (Wildman–Crippen MR) is 88.2 cm³/mol. The fraction of sp³-hybridized carbons (Fsp3) is 0.722. The molecule has 0 bridgehead atoms. The number of aryl methyl sites for hydroxylation is 1. The van der Waals surface area contributed by atoms with E-state index in [1.807, 2.05) is 6.92 Å². The second kappa shape index (κ2) is 10.9. The van der Waals surface area contributed by atoms with Crippen molar-refractivity contribution >= 4 is 0 Å². The summed E-state index contributed by atoms with van der Waals surface area (Å²) in [5.74, 6) is 0.541. The van der Waals surface area contributed by atoms with E-state index < -0.39 is 0 Å². The summed E-state index contributed by atoms with van der Waals surface area (Å²) in [5.41, 5.74) is 0.704. The Morgan fingerprint density at radius 2 is 1.64 bits per heavy atom. The smallest absolute Gasteiger partial charge is 0.189 e. The van der Waals surface area contributed by atoms with Crippen LogP contribution in [0.2, 0.25) is 0 Å². The summed E-state index contributed by atoms with van der Waals surface area (Å²) in [7, 11) is 0.